The van der Waals surface area contributed by atoms with Gasteiger partial charge in [-0.1, -0.05) is 48.5 Å². The molecule has 0 aliphatic rings. The Bertz CT molecular complexity index is 708. The fraction of sp³-hybridized carbons (Fsp3) is 0.611. The molecule has 0 radical (unpaired) electrons. The molecule has 23 heavy (non-hydrogen) atoms. The summed E-state index contributed by atoms with van der Waals surface area (Å²) < 4.78 is 1.83. The van der Waals surface area contributed by atoms with E-state index in [0.717, 1.165) is 17.0 Å². The largest absolute Gasteiger partial charge is 0.352 e. The highest BCUT2D eigenvalue weighted by Gasteiger charge is 2.23. The molecule has 0 saturated carbocycles. The molecule has 0 aliphatic heterocycles. The molecular weight excluding hydrogens is 288 g/mol. The Labute approximate surface area is 138 Å². The van der Waals surface area contributed by atoms with E-state index in [1.54, 1.807) is 6.20 Å². The molecule has 126 valence electrons. The van der Waals surface area contributed by atoms with Crippen LogP contribution in [0.25, 0.3) is 5.65 Å². The predicted octanol–water partition coefficient (Wildman–Crippen LogP) is 3.54. The Balaban J connectivity index is 2.54. The fourth-order valence-corrected chi connectivity index (χ4v) is 2.44. The summed E-state index contributed by atoms with van der Waals surface area (Å²) in [5.74, 6) is 0.507. The maximum atomic E-state index is 12.5. The maximum Gasteiger partial charge on any atom is 0.254 e. The van der Waals surface area contributed by atoms with Crippen molar-refractivity contribution in [1.29, 1.82) is 0 Å². The third-order valence-electron chi connectivity index (χ3n) is 3.75. The number of hydrogen-bond acceptors (Lipinski definition) is 3. The second-order valence-corrected chi connectivity index (χ2v) is 7.87. The smallest absolute Gasteiger partial charge is 0.254 e. The Hall–Kier alpha value is -1.91. The number of hydrogen-bond donors (Lipinski definition) is 1. The lowest BCUT2D eigenvalue weighted by atomic mass is 9.93. The minimum absolute atomic E-state index is 0.0536. The molecule has 2 aromatic rings. The summed E-state index contributed by atoms with van der Waals surface area (Å²) in [5, 5.41) is 7.69. The third-order valence-corrected chi connectivity index (χ3v) is 3.75. The van der Waals surface area contributed by atoms with Crippen LogP contribution in [0.4, 0.5) is 0 Å². The van der Waals surface area contributed by atoms with Gasteiger partial charge in [-0.05, 0) is 11.8 Å². The van der Waals surface area contributed by atoms with Gasteiger partial charge >= 0.3 is 0 Å². The normalized spacial score (nSPS) is 12.4. The highest BCUT2D eigenvalue weighted by Crippen LogP contribution is 2.25. The van der Waals surface area contributed by atoms with Crippen LogP contribution in [0.1, 0.15) is 76.1 Å². The first-order chi connectivity index (χ1) is 10.6. The van der Waals surface area contributed by atoms with Crippen molar-refractivity contribution in [2.75, 3.05) is 6.54 Å². The fourth-order valence-electron chi connectivity index (χ4n) is 2.44. The molecule has 1 N–H and O–H groups in total. The van der Waals surface area contributed by atoms with Gasteiger partial charge in [0, 0.05) is 24.2 Å². The maximum absolute atomic E-state index is 12.5. The van der Waals surface area contributed by atoms with Gasteiger partial charge in [-0.3, -0.25) is 4.79 Å². The molecule has 0 unspecified atom stereocenters. The molecule has 5 nitrogen and oxygen atoms in total. The molecule has 0 saturated heterocycles. The first kappa shape index (κ1) is 17.4. The highest BCUT2D eigenvalue weighted by atomic mass is 16.1. The number of carbonyl (C=O) groups is 1. The average molecular weight is 316 g/mol. The van der Waals surface area contributed by atoms with Crippen LogP contribution in [0.3, 0.4) is 0 Å². The van der Waals surface area contributed by atoms with Gasteiger partial charge in [0.25, 0.3) is 5.91 Å². The SMILES string of the molecule is CC(C)CNC(=O)c1cnc2cc(C(C)(C)C)nn2c1C(C)C. The van der Waals surface area contributed by atoms with E-state index in [2.05, 4.69) is 58.8 Å². The number of fused-ring (bicyclic) bond motifs is 1. The van der Waals surface area contributed by atoms with Crippen LogP contribution in [0, 0.1) is 5.92 Å². The van der Waals surface area contributed by atoms with Crippen molar-refractivity contribution in [3.63, 3.8) is 0 Å². The predicted molar refractivity (Wildman–Crippen MR) is 92.9 cm³/mol. The van der Waals surface area contributed by atoms with Gasteiger partial charge in [0.15, 0.2) is 5.65 Å². The molecule has 0 atom stereocenters. The number of rotatable bonds is 4. The van der Waals surface area contributed by atoms with Crippen LogP contribution in [-0.4, -0.2) is 27.0 Å². The van der Waals surface area contributed by atoms with Crippen LogP contribution < -0.4 is 5.32 Å². The average Bonchev–Trinajstić information content (AvgIpc) is 2.87. The second kappa shape index (κ2) is 6.30. The Kier molecular flexibility index (Phi) is 4.78. The molecule has 0 aliphatic carbocycles. The molecule has 0 aromatic carbocycles. The van der Waals surface area contributed by atoms with Crippen LogP contribution in [0.5, 0.6) is 0 Å². The van der Waals surface area contributed by atoms with E-state index in [9.17, 15) is 4.79 Å². The molecule has 2 aromatic heterocycles. The van der Waals surface area contributed by atoms with Crippen molar-refractivity contribution in [1.82, 2.24) is 19.9 Å². The monoisotopic (exact) mass is 316 g/mol. The number of aromatic nitrogens is 3. The third kappa shape index (κ3) is 3.71. The van der Waals surface area contributed by atoms with Crippen LogP contribution in [-0.2, 0) is 5.41 Å². The van der Waals surface area contributed by atoms with Gasteiger partial charge in [0.05, 0.1) is 17.0 Å². The lowest BCUT2D eigenvalue weighted by Gasteiger charge is -2.16. The first-order valence-corrected chi connectivity index (χ1v) is 8.28. The Morgan fingerprint density at radius 1 is 1.26 bits per heavy atom. The van der Waals surface area contributed by atoms with Crippen LogP contribution in [0.15, 0.2) is 12.3 Å². The van der Waals surface area contributed by atoms with Crippen molar-refractivity contribution < 1.29 is 4.79 Å². The molecular formula is C18H28N4O. The van der Waals surface area contributed by atoms with Gasteiger partial charge in [0.2, 0.25) is 0 Å². The van der Waals surface area contributed by atoms with Crippen LogP contribution in [0.2, 0.25) is 0 Å². The number of carbonyl (C=O) groups excluding carboxylic acids is 1. The summed E-state index contributed by atoms with van der Waals surface area (Å²) in [6, 6.07) is 2.00. The van der Waals surface area contributed by atoms with E-state index in [1.807, 2.05) is 10.6 Å². The number of nitrogens with zero attached hydrogens (tertiary/aromatic N) is 3. The summed E-state index contributed by atoms with van der Waals surface area (Å²) in [6.45, 7) is 15.3. The summed E-state index contributed by atoms with van der Waals surface area (Å²) in [5.41, 5.74) is 3.23. The molecule has 0 spiro atoms. The Morgan fingerprint density at radius 3 is 2.43 bits per heavy atom. The quantitative estimate of drug-likeness (QED) is 0.938. The zero-order valence-electron chi connectivity index (χ0n) is 15.3. The summed E-state index contributed by atoms with van der Waals surface area (Å²) in [7, 11) is 0. The van der Waals surface area contributed by atoms with Crippen LogP contribution >= 0.6 is 0 Å². The molecule has 1 amide bonds. The Morgan fingerprint density at radius 2 is 1.91 bits per heavy atom. The zero-order chi connectivity index (χ0) is 17.4. The van der Waals surface area contributed by atoms with Crippen molar-refractivity contribution in [3.05, 3.63) is 29.2 Å². The summed E-state index contributed by atoms with van der Waals surface area (Å²) in [4.78, 5) is 17.0. The van der Waals surface area contributed by atoms with E-state index in [1.165, 1.54) is 0 Å². The van der Waals surface area contributed by atoms with Gasteiger partial charge < -0.3 is 5.32 Å². The van der Waals surface area contributed by atoms with E-state index in [-0.39, 0.29) is 17.2 Å². The minimum Gasteiger partial charge on any atom is -0.352 e. The van der Waals surface area contributed by atoms with Crippen molar-refractivity contribution in [2.45, 2.75) is 59.8 Å². The summed E-state index contributed by atoms with van der Waals surface area (Å²) in [6.07, 6.45) is 1.68. The van der Waals surface area contributed by atoms with Crippen molar-refractivity contribution >= 4 is 11.6 Å². The minimum atomic E-state index is -0.0791. The van der Waals surface area contributed by atoms with E-state index in [0.29, 0.717) is 18.0 Å². The lowest BCUT2D eigenvalue weighted by molar-refractivity contribution is 0.0946. The summed E-state index contributed by atoms with van der Waals surface area (Å²) >= 11 is 0. The van der Waals surface area contributed by atoms with Crippen molar-refractivity contribution in [3.8, 4) is 0 Å². The van der Waals surface area contributed by atoms with E-state index >= 15 is 0 Å². The number of amides is 1. The molecule has 2 heterocycles. The lowest BCUT2D eigenvalue weighted by Crippen LogP contribution is -2.29. The van der Waals surface area contributed by atoms with Gasteiger partial charge in [-0.2, -0.15) is 5.10 Å². The van der Waals surface area contributed by atoms with E-state index < -0.39 is 0 Å². The highest BCUT2D eigenvalue weighted by molar-refractivity contribution is 5.95. The zero-order valence-corrected chi connectivity index (χ0v) is 15.3. The molecule has 0 fully saturated rings. The second-order valence-electron chi connectivity index (χ2n) is 7.87. The van der Waals surface area contributed by atoms with Crippen molar-refractivity contribution in [2.24, 2.45) is 5.92 Å². The standard InChI is InChI=1S/C18H28N4O/c1-11(2)9-20-17(23)13-10-19-15-8-14(18(5,6)7)21-22(15)16(13)12(3)4/h8,10-12H,9H2,1-7H3,(H,20,23). The molecule has 0 bridgehead atoms. The molecule has 2 rings (SSSR count). The first-order valence-electron chi connectivity index (χ1n) is 8.28. The van der Waals surface area contributed by atoms with E-state index in [4.69, 9.17) is 5.10 Å². The number of nitrogens with one attached hydrogen (secondary N) is 1. The van der Waals surface area contributed by atoms with Gasteiger partial charge in [-0.15, -0.1) is 0 Å². The van der Waals surface area contributed by atoms with Gasteiger partial charge in [-0.25, -0.2) is 9.50 Å². The van der Waals surface area contributed by atoms with Gasteiger partial charge in [0.1, 0.15) is 0 Å². The topological polar surface area (TPSA) is 59.3 Å². The molecule has 5 heteroatoms.